The number of methoxy groups -OCH3 is 2. The average Bonchev–Trinajstić information content (AvgIpc) is 3.29. The monoisotopic (exact) mass is 589 g/mol. The highest BCUT2D eigenvalue weighted by atomic mass is 16.5. The molecule has 234 valence electrons. The topological polar surface area (TPSA) is 76.1 Å². The molecule has 1 aliphatic heterocycles. The molecule has 1 aliphatic rings. The first-order valence-electron chi connectivity index (χ1n) is 16.2. The maximum atomic E-state index is 13.5. The summed E-state index contributed by atoms with van der Waals surface area (Å²) in [4.78, 5) is 28.5. The Morgan fingerprint density at radius 1 is 0.814 bits per heavy atom. The molecule has 2 aromatic carbocycles. The van der Waals surface area contributed by atoms with Crippen LogP contribution in [0.3, 0.4) is 0 Å². The molecule has 3 rings (SSSR count). The SMILES string of the molecule is CCCCCCCCCCCCCCCCN1C(=O)C(O)=C(C(=O)C=Cc2ccccc2)C1c1cc(OC)ccc1OC. The van der Waals surface area contributed by atoms with Gasteiger partial charge in [-0.25, -0.2) is 0 Å². The number of ketones is 1. The van der Waals surface area contributed by atoms with Crippen LogP contribution in [0, 0.1) is 0 Å². The summed E-state index contributed by atoms with van der Waals surface area (Å²) in [5, 5.41) is 11.0. The highest BCUT2D eigenvalue weighted by Gasteiger charge is 2.43. The van der Waals surface area contributed by atoms with Crippen molar-refractivity contribution in [3.05, 3.63) is 77.1 Å². The molecule has 0 aromatic heterocycles. The van der Waals surface area contributed by atoms with Gasteiger partial charge in [0.2, 0.25) is 0 Å². The van der Waals surface area contributed by atoms with Crippen molar-refractivity contribution in [1.82, 2.24) is 4.90 Å². The van der Waals surface area contributed by atoms with E-state index in [2.05, 4.69) is 6.92 Å². The lowest BCUT2D eigenvalue weighted by molar-refractivity contribution is -0.129. The normalized spacial score (nSPS) is 15.1. The molecule has 0 saturated carbocycles. The summed E-state index contributed by atoms with van der Waals surface area (Å²) in [7, 11) is 3.13. The van der Waals surface area contributed by atoms with Gasteiger partial charge in [-0.3, -0.25) is 9.59 Å². The molecule has 1 atom stereocenters. The molecule has 6 heteroatoms. The number of benzene rings is 2. The number of aliphatic hydroxyl groups is 1. The second kappa shape index (κ2) is 18.9. The number of allylic oxidation sites excluding steroid dienone is 1. The zero-order valence-electron chi connectivity index (χ0n) is 26.5. The second-order valence-electron chi connectivity index (χ2n) is 11.5. The van der Waals surface area contributed by atoms with Gasteiger partial charge < -0.3 is 19.5 Å². The van der Waals surface area contributed by atoms with Crippen molar-refractivity contribution < 1.29 is 24.2 Å². The predicted octanol–water partition coefficient (Wildman–Crippen LogP) is 9.16. The Labute approximate surface area is 258 Å². The highest BCUT2D eigenvalue weighted by molar-refractivity contribution is 6.14. The van der Waals surface area contributed by atoms with E-state index in [-0.39, 0.29) is 5.57 Å². The zero-order chi connectivity index (χ0) is 30.9. The number of carbonyl (C=O) groups excluding carboxylic acids is 2. The molecule has 0 radical (unpaired) electrons. The van der Waals surface area contributed by atoms with Crippen molar-refractivity contribution in [1.29, 1.82) is 0 Å². The van der Waals surface area contributed by atoms with Crippen LogP contribution in [-0.2, 0) is 9.59 Å². The number of rotatable bonds is 21. The number of carbonyl (C=O) groups is 2. The Morgan fingerprint density at radius 3 is 1.95 bits per heavy atom. The standard InChI is InChI=1S/C37H51NO5/c1-4-5-6-7-8-9-10-11-12-13-14-15-16-20-27-38-35(31-28-30(42-2)24-26-33(31)43-3)34(36(40)37(38)41)32(39)25-23-29-21-18-17-19-22-29/h17-19,21-26,28,35,40H,4-16,20,27H2,1-3H3. The molecule has 1 unspecified atom stereocenters. The Bertz CT molecular complexity index is 1200. The highest BCUT2D eigenvalue weighted by Crippen LogP contribution is 2.43. The van der Waals surface area contributed by atoms with Gasteiger partial charge in [-0.1, -0.05) is 127 Å². The summed E-state index contributed by atoms with van der Waals surface area (Å²) in [6.07, 6.45) is 20.6. The van der Waals surface area contributed by atoms with Gasteiger partial charge in [0.1, 0.15) is 11.5 Å². The van der Waals surface area contributed by atoms with E-state index in [1.807, 2.05) is 30.3 Å². The summed E-state index contributed by atoms with van der Waals surface area (Å²) in [5.74, 6) is -0.327. The number of aliphatic hydroxyl groups excluding tert-OH is 1. The molecular formula is C37H51NO5. The van der Waals surface area contributed by atoms with E-state index in [4.69, 9.17) is 9.47 Å². The summed E-state index contributed by atoms with van der Waals surface area (Å²) in [5.41, 5.74) is 1.53. The zero-order valence-corrected chi connectivity index (χ0v) is 26.5. The van der Waals surface area contributed by atoms with Gasteiger partial charge in [-0.05, 0) is 36.3 Å². The van der Waals surface area contributed by atoms with E-state index in [9.17, 15) is 14.7 Å². The van der Waals surface area contributed by atoms with Gasteiger partial charge in [0.15, 0.2) is 11.5 Å². The van der Waals surface area contributed by atoms with E-state index in [0.29, 0.717) is 23.6 Å². The van der Waals surface area contributed by atoms with Crippen LogP contribution in [0.5, 0.6) is 11.5 Å². The fraction of sp³-hybridized carbons (Fsp3) is 0.514. The van der Waals surface area contributed by atoms with Crippen molar-refractivity contribution in [3.63, 3.8) is 0 Å². The molecule has 0 saturated heterocycles. The number of hydrogen-bond acceptors (Lipinski definition) is 5. The van der Waals surface area contributed by atoms with E-state index >= 15 is 0 Å². The van der Waals surface area contributed by atoms with Gasteiger partial charge >= 0.3 is 0 Å². The maximum absolute atomic E-state index is 13.5. The summed E-state index contributed by atoms with van der Waals surface area (Å²) in [6, 6.07) is 14.0. The lowest BCUT2D eigenvalue weighted by Gasteiger charge is -2.28. The molecule has 1 amide bonds. The van der Waals surface area contributed by atoms with Gasteiger partial charge in [-0.15, -0.1) is 0 Å². The van der Waals surface area contributed by atoms with Crippen molar-refractivity contribution in [2.24, 2.45) is 0 Å². The molecular weight excluding hydrogens is 538 g/mol. The molecule has 0 fully saturated rings. The third-order valence-electron chi connectivity index (χ3n) is 8.28. The minimum Gasteiger partial charge on any atom is -0.503 e. The minimum atomic E-state index is -0.771. The van der Waals surface area contributed by atoms with Crippen LogP contribution in [0.2, 0.25) is 0 Å². The first-order chi connectivity index (χ1) is 21.0. The van der Waals surface area contributed by atoms with Gasteiger partial charge in [0, 0.05) is 12.1 Å². The summed E-state index contributed by atoms with van der Waals surface area (Å²) < 4.78 is 11.1. The fourth-order valence-corrected chi connectivity index (χ4v) is 5.81. The van der Waals surface area contributed by atoms with Crippen LogP contribution in [0.4, 0.5) is 0 Å². The molecule has 43 heavy (non-hydrogen) atoms. The number of unbranched alkanes of at least 4 members (excludes halogenated alkanes) is 13. The van der Waals surface area contributed by atoms with Crippen LogP contribution in [-0.4, -0.2) is 42.5 Å². The van der Waals surface area contributed by atoms with Gasteiger partial charge in [-0.2, -0.15) is 0 Å². The third kappa shape index (κ3) is 10.3. The van der Waals surface area contributed by atoms with Crippen LogP contribution < -0.4 is 9.47 Å². The van der Waals surface area contributed by atoms with E-state index in [1.165, 1.54) is 76.7 Å². The Morgan fingerprint density at radius 2 is 1.40 bits per heavy atom. The lowest BCUT2D eigenvalue weighted by Crippen LogP contribution is -2.32. The van der Waals surface area contributed by atoms with Crippen molar-refractivity contribution in [3.8, 4) is 11.5 Å². The fourth-order valence-electron chi connectivity index (χ4n) is 5.81. The molecule has 0 bridgehead atoms. The Kier molecular flexibility index (Phi) is 14.9. The summed E-state index contributed by atoms with van der Waals surface area (Å²) in [6.45, 7) is 2.70. The molecule has 0 spiro atoms. The maximum Gasteiger partial charge on any atom is 0.290 e. The minimum absolute atomic E-state index is 0.0640. The Balaban J connectivity index is 1.60. The number of nitrogens with zero attached hydrogens (tertiary/aromatic N) is 1. The van der Waals surface area contributed by atoms with Crippen LogP contribution in [0.25, 0.3) is 6.08 Å². The quantitative estimate of drug-likeness (QED) is 0.116. The predicted molar refractivity (Wildman–Crippen MR) is 174 cm³/mol. The van der Waals surface area contributed by atoms with Crippen molar-refractivity contribution >= 4 is 17.8 Å². The van der Waals surface area contributed by atoms with Gasteiger partial charge in [0.05, 0.1) is 25.8 Å². The smallest absolute Gasteiger partial charge is 0.290 e. The van der Waals surface area contributed by atoms with E-state index < -0.39 is 23.5 Å². The number of ether oxygens (including phenoxy) is 2. The van der Waals surface area contributed by atoms with Crippen LogP contribution >= 0.6 is 0 Å². The Hall–Kier alpha value is -3.54. The van der Waals surface area contributed by atoms with Gasteiger partial charge in [0.25, 0.3) is 5.91 Å². The number of hydrogen-bond donors (Lipinski definition) is 1. The third-order valence-corrected chi connectivity index (χ3v) is 8.28. The first kappa shape index (κ1) is 34.0. The van der Waals surface area contributed by atoms with Crippen molar-refractivity contribution in [2.45, 2.75) is 103 Å². The van der Waals surface area contributed by atoms with Crippen molar-refractivity contribution in [2.75, 3.05) is 20.8 Å². The lowest BCUT2D eigenvalue weighted by atomic mass is 9.94. The van der Waals surface area contributed by atoms with Crippen LogP contribution in [0.1, 0.15) is 114 Å². The van der Waals surface area contributed by atoms with Crippen LogP contribution in [0.15, 0.2) is 65.9 Å². The summed E-state index contributed by atoms with van der Waals surface area (Å²) >= 11 is 0. The average molecular weight is 590 g/mol. The second-order valence-corrected chi connectivity index (χ2v) is 11.5. The molecule has 1 heterocycles. The van der Waals surface area contributed by atoms with E-state index in [1.54, 1.807) is 43.4 Å². The molecule has 6 nitrogen and oxygen atoms in total. The largest absolute Gasteiger partial charge is 0.503 e. The molecule has 1 N–H and O–H groups in total. The number of amides is 1. The molecule has 2 aromatic rings. The first-order valence-corrected chi connectivity index (χ1v) is 16.2. The molecule has 0 aliphatic carbocycles. The van der Waals surface area contributed by atoms with E-state index in [0.717, 1.165) is 24.8 Å².